The summed E-state index contributed by atoms with van der Waals surface area (Å²) >= 11 is 0. The Hall–Kier alpha value is -4.32. The van der Waals surface area contributed by atoms with Gasteiger partial charge in [-0.15, -0.1) is 0 Å². The summed E-state index contributed by atoms with van der Waals surface area (Å²) in [5.74, 6) is 4.76. The van der Waals surface area contributed by atoms with Crippen molar-refractivity contribution < 1.29 is 29.9 Å². The number of phenolic OH excluding ortho intramolecular Hbond substituents is 4. The summed E-state index contributed by atoms with van der Waals surface area (Å²) in [6.45, 7) is 0. The van der Waals surface area contributed by atoms with E-state index in [2.05, 4.69) is 0 Å². The lowest BCUT2D eigenvalue weighted by Crippen LogP contribution is -2.26. The first-order valence-electron chi connectivity index (χ1n) is 15.0. The lowest BCUT2D eigenvalue weighted by Gasteiger charge is -2.36. The Morgan fingerprint density at radius 1 is 0.452 bits per heavy atom. The normalized spacial score (nSPS) is 26.8. The Morgan fingerprint density at radius 3 is 1.24 bits per heavy atom. The molecule has 1 unspecified atom stereocenters. The van der Waals surface area contributed by atoms with Gasteiger partial charge in [0.25, 0.3) is 0 Å². The Labute approximate surface area is 245 Å². The Morgan fingerprint density at radius 2 is 0.833 bits per heavy atom. The molecule has 4 aromatic rings. The lowest BCUT2D eigenvalue weighted by atomic mass is 9.80. The van der Waals surface area contributed by atoms with Gasteiger partial charge in [-0.3, -0.25) is 0 Å². The summed E-state index contributed by atoms with van der Waals surface area (Å²) in [5.41, 5.74) is 4.52. The van der Waals surface area contributed by atoms with Gasteiger partial charge in [0.1, 0.15) is 46.7 Å². The van der Waals surface area contributed by atoms with Gasteiger partial charge in [-0.2, -0.15) is 0 Å². The van der Waals surface area contributed by atoms with Gasteiger partial charge >= 0.3 is 0 Å². The minimum Gasteiger partial charge on any atom is -0.508 e. The second-order valence-electron chi connectivity index (χ2n) is 12.1. The van der Waals surface area contributed by atoms with Gasteiger partial charge in [-0.25, -0.2) is 0 Å². The molecule has 0 amide bonds. The molecule has 4 aliphatic rings. The summed E-state index contributed by atoms with van der Waals surface area (Å²) in [7, 11) is 0. The molecule has 2 fully saturated rings. The van der Waals surface area contributed by atoms with E-state index in [0.29, 0.717) is 35.2 Å². The Balaban J connectivity index is 0.000000137. The van der Waals surface area contributed by atoms with Gasteiger partial charge in [-0.05, 0) is 109 Å². The molecular weight excluding hydrogens is 528 g/mol. The van der Waals surface area contributed by atoms with E-state index >= 15 is 0 Å². The predicted octanol–water partition coefficient (Wildman–Crippen LogP) is 8.23. The van der Waals surface area contributed by atoms with E-state index in [1.807, 2.05) is 48.5 Å². The van der Waals surface area contributed by atoms with E-state index in [-0.39, 0.29) is 23.7 Å². The second-order valence-corrected chi connectivity index (χ2v) is 12.1. The number of phenols is 4. The van der Waals surface area contributed by atoms with Crippen LogP contribution in [0.5, 0.6) is 34.5 Å². The Kier molecular flexibility index (Phi) is 6.85. The highest BCUT2D eigenvalue weighted by Gasteiger charge is 2.43. The highest BCUT2D eigenvalue weighted by atomic mass is 16.5. The molecule has 8 rings (SSSR count). The third-order valence-corrected chi connectivity index (χ3v) is 9.65. The van der Waals surface area contributed by atoms with Crippen LogP contribution in [0.4, 0.5) is 0 Å². The van der Waals surface area contributed by atoms with Crippen molar-refractivity contribution in [2.75, 3.05) is 0 Å². The number of benzene rings is 4. The van der Waals surface area contributed by atoms with Crippen molar-refractivity contribution in [1.29, 1.82) is 0 Å². The predicted molar refractivity (Wildman–Crippen MR) is 159 cm³/mol. The van der Waals surface area contributed by atoms with Crippen molar-refractivity contribution in [3.8, 4) is 34.5 Å². The number of hydrogen-bond donors (Lipinski definition) is 4. The number of rotatable bonds is 2. The summed E-state index contributed by atoms with van der Waals surface area (Å²) < 4.78 is 12.5. The van der Waals surface area contributed by atoms with Crippen LogP contribution in [0.1, 0.15) is 84.8 Å². The first-order valence-corrected chi connectivity index (χ1v) is 15.0. The van der Waals surface area contributed by atoms with Crippen LogP contribution in [-0.4, -0.2) is 20.4 Å². The van der Waals surface area contributed by atoms with Crippen molar-refractivity contribution in [2.24, 2.45) is 11.8 Å². The van der Waals surface area contributed by atoms with E-state index in [9.17, 15) is 20.4 Å². The Bertz CT molecular complexity index is 1440. The fourth-order valence-electron chi connectivity index (χ4n) is 7.75. The summed E-state index contributed by atoms with van der Waals surface area (Å²) in [4.78, 5) is 0. The summed E-state index contributed by atoms with van der Waals surface area (Å²) in [5, 5.41) is 38.4. The van der Waals surface area contributed by atoms with Crippen molar-refractivity contribution >= 4 is 0 Å². The highest BCUT2D eigenvalue weighted by molar-refractivity contribution is 5.47. The number of fused-ring (bicyclic) bond motifs is 6. The maximum absolute atomic E-state index is 9.74. The van der Waals surface area contributed by atoms with Gasteiger partial charge in [0.05, 0.1) is 0 Å². The van der Waals surface area contributed by atoms with E-state index in [4.69, 9.17) is 9.47 Å². The van der Waals surface area contributed by atoms with E-state index in [0.717, 1.165) is 59.4 Å². The number of hydrogen-bond acceptors (Lipinski definition) is 6. The van der Waals surface area contributed by atoms with Crippen LogP contribution >= 0.6 is 0 Å². The first kappa shape index (κ1) is 26.6. The molecule has 6 atom stereocenters. The number of ether oxygens (including phenoxy) is 2. The fourth-order valence-corrected chi connectivity index (χ4v) is 7.75. The quantitative estimate of drug-likeness (QED) is 0.196. The molecule has 2 heterocycles. The van der Waals surface area contributed by atoms with Crippen molar-refractivity contribution in [3.63, 3.8) is 0 Å². The zero-order valence-corrected chi connectivity index (χ0v) is 23.4. The van der Waals surface area contributed by atoms with Crippen LogP contribution in [0.2, 0.25) is 0 Å². The minimum atomic E-state index is 0.0372. The topological polar surface area (TPSA) is 99.4 Å². The SMILES string of the molecule is Oc1ccc(C2Oc3ccc(O)cc3[C@@H]3CCC[C@H]23)cc1.Oc1ccc([C@H]2Oc3ccc(O)cc3[C@H]3CCC[C@H]32)cc1. The van der Waals surface area contributed by atoms with Crippen LogP contribution < -0.4 is 9.47 Å². The first-order chi connectivity index (χ1) is 20.4. The zero-order valence-electron chi connectivity index (χ0n) is 23.4. The minimum absolute atomic E-state index is 0.0372. The van der Waals surface area contributed by atoms with Gasteiger partial charge in [0.15, 0.2) is 0 Å². The summed E-state index contributed by atoms with van der Waals surface area (Å²) in [6.07, 6.45) is 7.06. The molecule has 6 nitrogen and oxygen atoms in total. The fraction of sp³-hybridized carbons (Fsp3) is 0.333. The van der Waals surface area contributed by atoms with Crippen LogP contribution in [0.15, 0.2) is 84.9 Å². The lowest BCUT2D eigenvalue weighted by molar-refractivity contribution is 0.104. The molecule has 0 radical (unpaired) electrons. The molecule has 42 heavy (non-hydrogen) atoms. The smallest absolute Gasteiger partial charge is 0.127 e. The second kappa shape index (κ2) is 10.8. The third kappa shape index (κ3) is 4.89. The average Bonchev–Trinajstić information content (AvgIpc) is 3.69. The third-order valence-electron chi connectivity index (χ3n) is 9.65. The largest absolute Gasteiger partial charge is 0.508 e. The zero-order chi connectivity index (χ0) is 28.8. The molecule has 4 aromatic carbocycles. The molecule has 2 aliphatic heterocycles. The molecule has 6 heteroatoms. The standard InChI is InChI=1S/2C18H18O3/c2*19-12-6-4-11(5-7-12)18-15-3-1-2-14(15)16-10-13(20)8-9-17(16)21-18/h2*4-10,14-15,18-20H,1-3H2/t14-,15+,18?;14-,15+,18+/m10/s1. The van der Waals surface area contributed by atoms with Crippen molar-refractivity contribution in [1.82, 2.24) is 0 Å². The molecular formula is C36H36O6. The molecule has 0 bridgehead atoms. The molecule has 0 saturated heterocycles. The molecule has 2 saturated carbocycles. The molecule has 2 aliphatic carbocycles. The van der Waals surface area contributed by atoms with Gasteiger partial charge < -0.3 is 29.9 Å². The molecule has 0 spiro atoms. The van der Waals surface area contributed by atoms with Crippen LogP contribution in [0.3, 0.4) is 0 Å². The maximum Gasteiger partial charge on any atom is 0.127 e. The highest BCUT2D eigenvalue weighted by Crippen LogP contribution is 2.55. The maximum atomic E-state index is 9.74. The number of aromatic hydroxyl groups is 4. The monoisotopic (exact) mass is 564 g/mol. The van der Waals surface area contributed by atoms with E-state index in [1.54, 1.807) is 36.4 Å². The van der Waals surface area contributed by atoms with Crippen LogP contribution in [0.25, 0.3) is 0 Å². The van der Waals surface area contributed by atoms with Crippen molar-refractivity contribution in [3.05, 3.63) is 107 Å². The molecule has 216 valence electrons. The van der Waals surface area contributed by atoms with Gasteiger partial charge in [0, 0.05) is 23.0 Å². The summed E-state index contributed by atoms with van der Waals surface area (Å²) in [6, 6.07) is 25.5. The van der Waals surface area contributed by atoms with Crippen LogP contribution in [0, 0.1) is 11.8 Å². The van der Waals surface area contributed by atoms with Crippen LogP contribution in [-0.2, 0) is 0 Å². The van der Waals surface area contributed by atoms with E-state index in [1.165, 1.54) is 12.8 Å². The van der Waals surface area contributed by atoms with Crippen molar-refractivity contribution in [2.45, 2.75) is 62.6 Å². The van der Waals surface area contributed by atoms with Gasteiger partial charge in [-0.1, -0.05) is 37.1 Å². The van der Waals surface area contributed by atoms with Gasteiger partial charge in [0.2, 0.25) is 0 Å². The average molecular weight is 565 g/mol. The van der Waals surface area contributed by atoms with E-state index < -0.39 is 0 Å². The molecule has 0 aromatic heterocycles. The molecule has 4 N–H and O–H groups in total.